The highest BCUT2D eigenvalue weighted by Gasteiger charge is 2.33. The van der Waals surface area contributed by atoms with Crippen molar-refractivity contribution in [3.8, 4) is 5.75 Å². The smallest absolute Gasteiger partial charge is 0.326 e. The molecule has 2 aromatic heterocycles. The highest BCUT2D eigenvalue weighted by Crippen LogP contribution is 2.12. The lowest BCUT2D eigenvalue weighted by Gasteiger charge is -2.25. The molecule has 0 aliphatic rings. The van der Waals surface area contributed by atoms with Gasteiger partial charge in [-0.2, -0.15) is 0 Å². The minimum atomic E-state index is -1.74. The molecule has 0 saturated carbocycles. The first kappa shape index (κ1) is 54.8. The molecule has 27 heteroatoms. The molecule has 0 aliphatic carbocycles. The third kappa shape index (κ3) is 18.1. The Morgan fingerprint density at radius 2 is 1.04 bits per heavy atom. The number of nitrogens with two attached hydrogens (primary N) is 1. The molecule has 0 fully saturated rings. The van der Waals surface area contributed by atoms with Gasteiger partial charge in [0.2, 0.25) is 47.3 Å². The Balaban J connectivity index is 1.56. The Kier molecular flexibility index (Phi) is 22.0. The maximum Gasteiger partial charge on any atom is 0.326 e. The van der Waals surface area contributed by atoms with Crippen molar-refractivity contribution in [2.75, 3.05) is 26.4 Å². The van der Waals surface area contributed by atoms with E-state index in [1.54, 1.807) is 13.8 Å². The van der Waals surface area contributed by atoms with E-state index in [2.05, 4.69) is 62.5 Å². The van der Waals surface area contributed by atoms with Crippen molar-refractivity contribution < 1.29 is 68.7 Å². The van der Waals surface area contributed by atoms with E-state index in [1.807, 2.05) is 0 Å². The van der Waals surface area contributed by atoms with Crippen molar-refractivity contribution >= 4 is 53.2 Å². The number of phenolic OH excluding ortho intramolecular Hbond substituents is 1. The average molecular weight is 958 g/mol. The van der Waals surface area contributed by atoms with Gasteiger partial charge in [0, 0.05) is 43.0 Å². The van der Waals surface area contributed by atoms with Gasteiger partial charge in [-0.15, -0.1) is 0 Å². The van der Waals surface area contributed by atoms with E-state index in [-0.39, 0.29) is 37.4 Å². The molecule has 17 N–H and O–H groups in total. The van der Waals surface area contributed by atoms with E-state index in [9.17, 15) is 68.7 Å². The summed E-state index contributed by atoms with van der Waals surface area (Å²) in [6, 6.07) is -6.07. The first-order valence-electron chi connectivity index (χ1n) is 21.2. The van der Waals surface area contributed by atoms with Gasteiger partial charge in [-0.3, -0.25) is 38.4 Å². The Bertz CT molecular complexity index is 2160. The van der Waals surface area contributed by atoms with Crippen molar-refractivity contribution in [3.63, 3.8) is 0 Å². The second kappa shape index (κ2) is 27.2. The number of carboxylic acids is 1. The van der Waals surface area contributed by atoms with Gasteiger partial charge in [0.25, 0.3) is 0 Å². The minimum Gasteiger partial charge on any atom is -0.508 e. The number of hydrogen-bond acceptors (Lipinski definition) is 16. The summed E-state index contributed by atoms with van der Waals surface area (Å²) in [6.07, 6.45) is 5.33. The third-order valence-electron chi connectivity index (χ3n) is 9.91. The second-order valence-electron chi connectivity index (χ2n) is 15.9. The van der Waals surface area contributed by atoms with Crippen LogP contribution in [0.25, 0.3) is 0 Å². The van der Waals surface area contributed by atoms with Gasteiger partial charge < -0.3 is 83.8 Å². The molecule has 1 aromatic carbocycles. The zero-order valence-corrected chi connectivity index (χ0v) is 37.4. The fraction of sp³-hybridized carbons (Fsp3) is 0.488. The van der Waals surface area contributed by atoms with Crippen LogP contribution in [0.15, 0.2) is 49.3 Å². The number of benzene rings is 1. The van der Waals surface area contributed by atoms with E-state index in [1.165, 1.54) is 56.2 Å². The number of aromatic hydroxyl groups is 1. The topological polar surface area (TPSA) is 434 Å². The van der Waals surface area contributed by atoms with E-state index >= 15 is 0 Å². The molecule has 0 saturated heterocycles. The van der Waals surface area contributed by atoms with Crippen LogP contribution < -0.4 is 48.3 Å². The van der Waals surface area contributed by atoms with Crippen LogP contribution in [-0.4, -0.2) is 173 Å². The number of carboxylic acid groups (broad SMARTS) is 1. The van der Waals surface area contributed by atoms with Crippen molar-refractivity contribution in [1.29, 1.82) is 0 Å². The van der Waals surface area contributed by atoms with Crippen LogP contribution in [0.2, 0.25) is 0 Å². The third-order valence-corrected chi connectivity index (χ3v) is 9.91. The van der Waals surface area contributed by atoms with Gasteiger partial charge in [-0.1, -0.05) is 26.0 Å². The van der Waals surface area contributed by atoms with Gasteiger partial charge in [0.1, 0.15) is 48.0 Å². The molecule has 8 amide bonds. The standard InChI is InChI=1S/C41H59N13O14/c1-20(2)8-27(50-35(61)26(42)10-23-12-43-18-46-23)37(63)48-21(3)34(60)52-31(16-56)40(66)53-30(15-55)36(62)45-14-33(59)49-28(11-24-13-44-19-47-24)38(64)54-32(17-57)39(65)51-29(41(67)68)9-22-4-6-25(58)7-5-22/h4-7,12-13,18-21,26-32,55-58H,8-11,14-17,42H2,1-3H3,(H,43,46)(H,44,47)(H,45,62)(H,48,63)(H,49,59)(H,50,61)(H,51,65)(H,52,60)(H,53,66)(H,54,64)(H,67,68)/t21-,26-,27-,28-,29-,30-,31-,32-/m0/s1. The summed E-state index contributed by atoms with van der Waals surface area (Å²) in [4.78, 5) is 130. The molecular weight excluding hydrogens is 899 g/mol. The highest BCUT2D eigenvalue weighted by atomic mass is 16.4. The number of imidazole rings is 2. The van der Waals surface area contributed by atoms with Crippen LogP contribution in [0, 0.1) is 5.92 Å². The second-order valence-corrected chi connectivity index (χ2v) is 15.9. The number of aromatic amines is 2. The fourth-order valence-corrected chi connectivity index (χ4v) is 6.21. The number of hydrogen-bond donors (Lipinski definition) is 16. The molecule has 3 aromatic rings. The quantitative estimate of drug-likeness (QED) is 0.0322. The molecule has 0 radical (unpaired) electrons. The number of aromatic nitrogens is 4. The summed E-state index contributed by atoms with van der Waals surface area (Å²) in [5.74, 6) is -9.26. The molecule has 3 rings (SSSR count). The number of rotatable bonds is 28. The molecule has 2 heterocycles. The van der Waals surface area contributed by atoms with Crippen LogP contribution in [0.5, 0.6) is 5.75 Å². The Hall–Kier alpha value is -7.49. The number of aliphatic carboxylic acids is 1. The molecule has 8 atom stereocenters. The average Bonchev–Trinajstić information content (AvgIpc) is 4.02. The van der Waals surface area contributed by atoms with Crippen LogP contribution in [0.3, 0.4) is 0 Å². The van der Waals surface area contributed by atoms with Gasteiger partial charge >= 0.3 is 5.97 Å². The normalized spacial score (nSPS) is 14.6. The zero-order valence-electron chi connectivity index (χ0n) is 37.4. The van der Waals surface area contributed by atoms with Crippen molar-refractivity contribution in [2.24, 2.45) is 11.7 Å². The van der Waals surface area contributed by atoms with Gasteiger partial charge in [0.15, 0.2) is 0 Å². The van der Waals surface area contributed by atoms with Crippen molar-refractivity contribution in [3.05, 3.63) is 66.3 Å². The number of aliphatic hydroxyl groups excluding tert-OH is 3. The van der Waals surface area contributed by atoms with Crippen LogP contribution in [0.1, 0.15) is 44.1 Å². The Morgan fingerprint density at radius 1 is 0.574 bits per heavy atom. The summed E-state index contributed by atoms with van der Waals surface area (Å²) in [5, 5.41) is 67.4. The predicted octanol–water partition coefficient (Wildman–Crippen LogP) is -6.17. The number of nitrogens with zero attached hydrogens (tertiary/aromatic N) is 2. The summed E-state index contributed by atoms with van der Waals surface area (Å²) in [6.45, 7) is 1.03. The van der Waals surface area contributed by atoms with Crippen molar-refractivity contribution in [1.82, 2.24) is 62.5 Å². The van der Waals surface area contributed by atoms with Gasteiger partial charge in [-0.25, -0.2) is 14.8 Å². The van der Waals surface area contributed by atoms with Crippen LogP contribution in [-0.2, 0) is 62.4 Å². The number of phenols is 1. The van der Waals surface area contributed by atoms with Gasteiger partial charge in [0.05, 0.1) is 45.1 Å². The molecule has 0 spiro atoms. The monoisotopic (exact) mass is 957 g/mol. The van der Waals surface area contributed by atoms with Crippen molar-refractivity contribution in [2.45, 2.75) is 94.8 Å². The number of carbonyl (C=O) groups is 9. The van der Waals surface area contributed by atoms with E-state index in [0.717, 1.165) is 0 Å². The molecule has 27 nitrogen and oxygen atoms in total. The number of aliphatic hydroxyl groups is 3. The maximum atomic E-state index is 13.4. The molecule has 0 bridgehead atoms. The number of H-pyrrole nitrogens is 2. The lowest BCUT2D eigenvalue weighted by Crippen LogP contribution is -2.60. The highest BCUT2D eigenvalue weighted by molar-refractivity contribution is 5.97. The van der Waals surface area contributed by atoms with Crippen LogP contribution in [0.4, 0.5) is 0 Å². The predicted molar refractivity (Wildman–Crippen MR) is 235 cm³/mol. The molecule has 0 unspecified atom stereocenters. The molecule has 372 valence electrons. The minimum absolute atomic E-state index is 0.0683. The van der Waals surface area contributed by atoms with E-state index in [4.69, 9.17) is 5.73 Å². The summed E-state index contributed by atoms with van der Waals surface area (Å²) in [7, 11) is 0. The summed E-state index contributed by atoms with van der Waals surface area (Å²) < 4.78 is 0. The maximum absolute atomic E-state index is 13.4. The Labute approximate surface area is 388 Å². The number of amides is 8. The SMILES string of the molecule is CC(C)C[C@H](NC(=O)[C@@H](N)Cc1cnc[nH]1)C(=O)N[C@@H](C)C(=O)N[C@@H](CO)C(=O)N[C@@H](CO)C(=O)NCC(=O)N[C@@H](Cc1cnc[nH]1)C(=O)N[C@@H](CO)C(=O)N[C@@H](Cc1ccc(O)cc1)C(=O)O. The summed E-state index contributed by atoms with van der Waals surface area (Å²) in [5.41, 5.74) is 7.37. The molecular formula is C41H59N13O14. The number of carbonyl (C=O) groups excluding carboxylic acids is 8. The Morgan fingerprint density at radius 3 is 1.54 bits per heavy atom. The first-order chi connectivity index (χ1) is 32.2. The van der Waals surface area contributed by atoms with Gasteiger partial charge in [-0.05, 0) is 37.0 Å². The fourth-order valence-electron chi connectivity index (χ4n) is 6.21. The lowest BCUT2D eigenvalue weighted by atomic mass is 10.0. The van der Waals surface area contributed by atoms with E-state index in [0.29, 0.717) is 17.0 Å². The van der Waals surface area contributed by atoms with Crippen LogP contribution >= 0.6 is 0 Å². The first-order valence-corrected chi connectivity index (χ1v) is 21.2. The molecule has 0 aliphatic heterocycles. The van der Waals surface area contributed by atoms with E-state index < -0.39 is 128 Å². The molecule has 68 heavy (non-hydrogen) atoms. The largest absolute Gasteiger partial charge is 0.508 e. The zero-order chi connectivity index (χ0) is 50.5. The summed E-state index contributed by atoms with van der Waals surface area (Å²) >= 11 is 0. The number of nitrogens with one attached hydrogen (secondary N) is 10. The lowest BCUT2D eigenvalue weighted by molar-refractivity contribution is -0.142.